The van der Waals surface area contributed by atoms with Crippen molar-refractivity contribution in [2.75, 3.05) is 16.8 Å². The van der Waals surface area contributed by atoms with Crippen LogP contribution in [0.1, 0.15) is 46.5 Å². The topological polar surface area (TPSA) is 80.9 Å². The fraction of sp³-hybridized carbons (Fsp3) is 0.450. The number of carbonyl (C=O) groups excluding carboxylic acids is 1. The molecule has 2 aliphatic rings. The summed E-state index contributed by atoms with van der Waals surface area (Å²) in [5.74, 6) is 2.93. The molecule has 2 aromatic rings. The molecule has 1 saturated carbocycles. The molecule has 0 amide bonds. The third kappa shape index (κ3) is 4.79. The van der Waals surface area contributed by atoms with Gasteiger partial charge in [-0.1, -0.05) is 23.6 Å². The van der Waals surface area contributed by atoms with Gasteiger partial charge in [-0.05, 0) is 54.9 Å². The van der Waals surface area contributed by atoms with Crippen LogP contribution < -0.4 is 10.5 Å². The summed E-state index contributed by atoms with van der Waals surface area (Å²) in [6.45, 7) is 0. The minimum absolute atomic E-state index is 0.00437. The maximum atomic E-state index is 13.1. The normalized spacial score (nSPS) is 22.1. The Balaban J connectivity index is 1.47. The Morgan fingerprint density at radius 2 is 2.32 bits per heavy atom. The van der Waals surface area contributed by atoms with E-state index in [1.807, 2.05) is 17.8 Å². The van der Waals surface area contributed by atoms with Crippen LogP contribution in [0.3, 0.4) is 0 Å². The number of hydrogen-bond acceptors (Lipinski definition) is 8. The number of carbonyl (C=O) groups is 1. The van der Waals surface area contributed by atoms with E-state index in [0.29, 0.717) is 22.7 Å². The molecule has 0 spiro atoms. The first-order valence-electron chi connectivity index (χ1n) is 9.52. The molecule has 2 unspecified atom stereocenters. The zero-order chi connectivity index (χ0) is 19.3. The molecule has 2 aromatic heterocycles. The third-order valence-corrected chi connectivity index (χ3v) is 7.93. The quantitative estimate of drug-likeness (QED) is 0.383. The van der Waals surface area contributed by atoms with Crippen LogP contribution in [-0.2, 0) is 6.42 Å². The summed E-state index contributed by atoms with van der Waals surface area (Å²) < 4.78 is 0. The van der Waals surface area contributed by atoms with Crippen LogP contribution in [0.2, 0.25) is 0 Å². The average molecular weight is 433 g/mol. The lowest BCUT2D eigenvalue weighted by Crippen LogP contribution is -2.19. The number of nitrogens with zero attached hydrogens (tertiary/aromatic N) is 2. The number of nitrogens with one attached hydrogen (secondary N) is 1. The zero-order valence-corrected chi connectivity index (χ0v) is 18.0. The monoisotopic (exact) mass is 432 g/mol. The number of ketones is 1. The average Bonchev–Trinajstić information content (AvgIpc) is 3.38. The predicted molar refractivity (Wildman–Crippen MR) is 120 cm³/mol. The lowest BCUT2D eigenvalue weighted by atomic mass is 10.0. The largest absolute Gasteiger partial charge is 0.367 e. The summed E-state index contributed by atoms with van der Waals surface area (Å²) in [5.41, 5.74) is 3.25. The maximum absolute atomic E-state index is 13.1. The van der Waals surface area contributed by atoms with Crippen molar-refractivity contribution in [3.8, 4) is 0 Å². The van der Waals surface area contributed by atoms with E-state index < -0.39 is 0 Å². The minimum Gasteiger partial charge on any atom is -0.367 e. The van der Waals surface area contributed by atoms with Gasteiger partial charge < -0.3 is 5.32 Å². The third-order valence-electron chi connectivity index (χ3n) is 5.24. The van der Waals surface area contributed by atoms with Crippen LogP contribution in [0.15, 0.2) is 35.6 Å². The highest BCUT2D eigenvalue weighted by Crippen LogP contribution is 2.30. The van der Waals surface area contributed by atoms with Crippen LogP contribution in [0.5, 0.6) is 0 Å². The molecule has 1 aliphatic heterocycles. The van der Waals surface area contributed by atoms with Crippen LogP contribution in [-0.4, -0.2) is 38.5 Å². The van der Waals surface area contributed by atoms with E-state index in [1.54, 1.807) is 6.20 Å². The van der Waals surface area contributed by atoms with Gasteiger partial charge in [-0.15, -0.1) is 11.3 Å². The summed E-state index contributed by atoms with van der Waals surface area (Å²) in [5, 5.41) is 11.7. The Labute approximate surface area is 178 Å². The summed E-state index contributed by atoms with van der Waals surface area (Å²) in [6.07, 6.45) is 10.7. The van der Waals surface area contributed by atoms with Crippen molar-refractivity contribution >= 4 is 46.6 Å². The lowest BCUT2D eigenvalue weighted by Gasteiger charge is -2.15. The Morgan fingerprint density at radius 3 is 3.11 bits per heavy atom. The van der Waals surface area contributed by atoms with E-state index in [0.717, 1.165) is 42.7 Å². The molecule has 3 heterocycles. The van der Waals surface area contributed by atoms with E-state index in [-0.39, 0.29) is 5.78 Å². The number of thiophene rings is 1. The van der Waals surface area contributed by atoms with Crippen LogP contribution in [0.25, 0.3) is 0 Å². The number of thioether (sulfide) groups is 1. The molecule has 4 rings (SSSR count). The van der Waals surface area contributed by atoms with Gasteiger partial charge in [0, 0.05) is 23.2 Å². The van der Waals surface area contributed by atoms with Gasteiger partial charge in [0.1, 0.15) is 12.1 Å². The van der Waals surface area contributed by atoms with E-state index in [9.17, 15) is 4.79 Å². The molecule has 148 valence electrons. The molecule has 0 bridgehead atoms. The number of allylic oxidation sites excluding steroid dienone is 1. The fourth-order valence-electron chi connectivity index (χ4n) is 3.71. The van der Waals surface area contributed by atoms with E-state index >= 15 is 0 Å². The van der Waals surface area contributed by atoms with Crippen molar-refractivity contribution < 1.29 is 4.79 Å². The second-order valence-electron chi connectivity index (χ2n) is 7.21. The van der Waals surface area contributed by atoms with Crippen molar-refractivity contribution in [1.82, 2.24) is 9.97 Å². The minimum atomic E-state index is -0.00437. The molecule has 0 aromatic carbocycles. The number of nitrogens with two attached hydrogens (primary N) is 1. The highest BCUT2D eigenvalue weighted by Gasteiger charge is 2.26. The zero-order valence-electron chi connectivity index (χ0n) is 15.6. The van der Waals surface area contributed by atoms with Gasteiger partial charge in [-0.3, -0.25) is 9.93 Å². The van der Waals surface area contributed by atoms with Gasteiger partial charge in [0.15, 0.2) is 0 Å². The molecule has 3 N–H and O–H groups in total. The number of aromatic nitrogens is 2. The van der Waals surface area contributed by atoms with Crippen LogP contribution >= 0.6 is 35.0 Å². The Hall–Kier alpha value is -1.35. The van der Waals surface area contributed by atoms with Gasteiger partial charge in [-0.25, -0.2) is 9.97 Å². The van der Waals surface area contributed by atoms with E-state index in [2.05, 4.69) is 26.7 Å². The molecule has 28 heavy (non-hydrogen) atoms. The van der Waals surface area contributed by atoms with Gasteiger partial charge in [-0.2, -0.15) is 11.8 Å². The van der Waals surface area contributed by atoms with Crippen molar-refractivity contribution in [2.24, 2.45) is 5.14 Å². The standard InChI is InChI=1S/C20H24N4OS3/c21-28-16-2-1-15(9-16)24-20-17(10-22-12-23-20)19(25)18-8-14(11-27-18)7-13-3-5-26-6-4-13/h3,8,10-12,15-16H,1-2,4-7,9,21H2,(H,22,23,24). The highest BCUT2D eigenvalue weighted by atomic mass is 32.2. The van der Waals surface area contributed by atoms with Crippen molar-refractivity contribution in [1.29, 1.82) is 0 Å². The molecule has 1 aliphatic carbocycles. The van der Waals surface area contributed by atoms with Gasteiger partial charge >= 0.3 is 0 Å². The molecule has 5 nitrogen and oxygen atoms in total. The molecular formula is C20H24N4OS3. The second-order valence-corrected chi connectivity index (χ2v) is 10.2. The maximum Gasteiger partial charge on any atom is 0.208 e. The van der Waals surface area contributed by atoms with Gasteiger partial charge in [0.05, 0.1) is 10.4 Å². The van der Waals surface area contributed by atoms with Crippen molar-refractivity contribution in [3.05, 3.63) is 51.6 Å². The first-order chi connectivity index (χ1) is 13.7. The summed E-state index contributed by atoms with van der Waals surface area (Å²) in [4.78, 5) is 22.3. The Kier molecular flexibility index (Phi) is 6.72. The van der Waals surface area contributed by atoms with Crippen molar-refractivity contribution in [3.63, 3.8) is 0 Å². The fourth-order valence-corrected chi connectivity index (χ4v) is 6.12. The molecule has 8 heteroatoms. The molecule has 1 fully saturated rings. The highest BCUT2D eigenvalue weighted by molar-refractivity contribution is 7.99. The van der Waals surface area contributed by atoms with Crippen molar-refractivity contribution in [2.45, 2.75) is 43.4 Å². The molecular weight excluding hydrogens is 408 g/mol. The molecule has 0 saturated heterocycles. The Morgan fingerprint density at radius 1 is 1.39 bits per heavy atom. The summed E-state index contributed by atoms with van der Waals surface area (Å²) in [6, 6.07) is 2.33. The van der Waals surface area contributed by atoms with Gasteiger partial charge in [0.2, 0.25) is 5.78 Å². The van der Waals surface area contributed by atoms with Crippen LogP contribution in [0.4, 0.5) is 5.82 Å². The molecule has 0 radical (unpaired) electrons. The van der Waals surface area contributed by atoms with Crippen LogP contribution in [0, 0.1) is 0 Å². The number of anilines is 1. The summed E-state index contributed by atoms with van der Waals surface area (Å²) >= 11 is 4.91. The number of hydrogen-bond donors (Lipinski definition) is 2. The first kappa shape index (κ1) is 19.9. The Bertz CT molecular complexity index is 867. The molecule has 2 atom stereocenters. The second kappa shape index (κ2) is 9.43. The first-order valence-corrected chi connectivity index (χ1v) is 12.5. The predicted octanol–water partition coefficient (Wildman–Crippen LogP) is 4.31. The van der Waals surface area contributed by atoms with E-state index in [4.69, 9.17) is 5.14 Å². The SMILES string of the molecule is NSC1CCC(Nc2ncncc2C(=O)c2cc(CC3=CCSCC3)cs2)C1. The summed E-state index contributed by atoms with van der Waals surface area (Å²) in [7, 11) is 0. The smallest absolute Gasteiger partial charge is 0.208 e. The van der Waals surface area contributed by atoms with Gasteiger partial charge in [0.25, 0.3) is 0 Å². The number of rotatable bonds is 7. The van der Waals surface area contributed by atoms with E-state index in [1.165, 1.54) is 46.5 Å². The lowest BCUT2D eigenvalue weighted by molar-refractivity contribution is 0.104.